The number of fused-ring (bicyclic) bond motifs is 1. The first-order chi connectivity index (χ1) is 22.4. The van der Waals surface area contributed by atoms with E-state index >= 15 is 0 Å². The summed E-state index contributed by atoms with van der Waals surface area (Å²) in [5.41, 5.74) is 3.29. The molecule has 0 saturated heterocycles. The number of carboxylic acid groups (broad SMARTS) is 1. The Morgan fingerprint density at radius 3 is 2.47 bits per heavy atom. The predicted octanol–water partition coefficient (Wildman–Crippen LogP) is 4.97. The molecule has 0 amide bonds. The molecule has 2 heterocycles. The van der Waals surface area contributed by atoms with E-state index in [9.17, 15) is 23.4 Å². The summed E-state index contributed by atoms with van der Waals surface area (Å²) in [7, 11) is -3.48. The van der Waals surface area contributed by atoms with Gasteiger partial charge in [-0.2, -0.15) is 0 Å². The van der Waals surface area contributed by atoms with Crippen LogP contribution in [0.5, 0.6) is 23.0 Å². The summed E-state index contributed by atoms with van der Waals surface area (Å²) in [6.45, 7) is 3.85. The van der Waals surface area contributed by atoms with Crippen LogP contribution < -0.4 is 24.3 Å². The van der Waals surface area contributed by atoms with Gasteiger partial charge < -0.3 is 29.2 Å². The molecule has 0 radical (unpaired) electrons. The molecule has 0 aliphatic carbocycles. The standard InChI is InChI=1S/C34H35ClN2O9S/c1-21-24(5-4-6-27(21)23-7-8-29-32(13-23)44-10-9-43-29)19-46-31-14-30(45-18-22-11-26(17-36-15-22)47(3,41)42)25(12-28(31)35)16-37-34(2,20-38)33(39)40/h4-8,11-15,17,37-38H,9-10,16,18-20H2,1-3H3,(H,39,40). The number of hydrogen-bond acceptors (Lipinski definition) is 10. The van der Waals surface area contributed by atoms with Crippen molar-refractivity contribution in [3.8, 4) is 34.1 Å². The first kappa shape index (κ1) is 34.0. The maximum absolute atomic E-state index is 12.0. The van der Waals surface area contributed by atoms with Gasteiger partial charge in [-0.25, -0.2) is 8.42 Å². The Balaban J connectivity index is 1.40. The van der Waals surface area contributed by atoms with Crippen LogP contribution in [-0.4, -0.2) is 61.2 Å². The highest BCUT2D eigenvalue weighted by Gasteiger charge is 2.32. The third-order valence-electron chi connectivity index (χ3n) is 7.85. The van der Waals surface area contributed by atoms with Gasteiger partial charge in [0.1, 0.15) is 43.5 Å². The van der Waals surface area contributed by atoms with Gasteiger partial charge in [-0.05, 0) is 60.4 Å². The van der Waals surface area contributed by atoms with Crippen LogP contribution in [0.1, 0.15) is 29.2 Å². The zero-order valence-electron chi connectivity index (χ0n) is 26.1. The summed E-state index contributed by atoms with van der Waals surface area (Å²) in [4.78, 5) is 15.8. The number of benzene rings is 3. The molecule has 1 aromatic heterocycles. The van der Waals surface area contributed by atoms with Gasteiger partial charge in [-0.15, -0.1) is 0 Å². The van der Waals surface area contributed by atoms with Gasteiger partial charge in [0, 0.05) is 42.4 Å². The van der Waals surface area contributed by atoms with E-state index in [2.05, 4.69) is 10.3 Å². The summed E-state index contributed by atoms with van der Waals surface area (Å²) in [6.07, 6.45) is 3.84. The summed E-state index contributed by atoms with van der Waals surface area (Å²) in [5, 5.41) is 22.4. The average molecular weight is 683 g/mol. The fourth-order valence-electron chi connectivity index (χ4n) is 4.87. The molecule has 0 spiro atoms. The number of halogens is 1. The van der Waals surface area contributed by atoms with Crippen LogP contribution in [0, 0.1) is 6.92 Å². The number of nitrogens with zero attached hydrogens (tertiary/aromatic N) is 1. The zero-order chi connectivity index (χ0) is 33.8. The quantitative estimate of drug-likeness (QED) is 0.175. The van der Waals surface area contributed by atoms with Crippen LogP contribution >= 0.6 is 11.6 Å². The average Bonchev–Trinajstić information content (AvgIpc) is 3.06. The molecule has 13 heteroatoms. The van der Waals surface area contributed by atoms with E-state index in [1.54, 1.807) is 12.1 Å². The van der Waals surface area contributed by atoms with Crippen molar-refractivity contribution in [2.75, 3.05) is 26.1 Å². The SMILES string of the molecule is Cc1c(COc2cc(OCc3cncc(S(C)(=O)=O)c3)c(CNC(C)(CO)C(=O)O)cc2Cl)cccc1-c1ccc2c(c1)OCCO2. The van der Waals surface area contributed by atoms with E-state index in [0.717, 1.165) is 28.5 Å². The Morgan fingerprint density at radius 1 is 1.00 bits per heavy atom. The van der Waals surface area contributed by atoms with Crippen molar-refractivity contribution in [2.24, 2.45) is 0 Å². The van der Waals surface area contributed by atoms with E-state index < -0.39 is 28.0 Å². The Morgan fingerprint density at radius 2 is 1.74 bits per heavy atom. The lowest BCUT2D eigenvalue weighted by Crippen LogP contribution is -2.52. The third kappa shape index (κ3) is 7.96. The molecule has 1 unspecified atom stereocenters. The van der Waals surface area contributed by atoms with E-state index in [4.69, 9.17) is 30.5 Å². The van der Waals surface area contributed by atoms with Gasteiger partial charge in [0.25, 0.3) is 0 Å². The van der Waals surface area contributed by atoms with Crippen LogP contribution in [0.2, 0.25) is 5.02 Å². The molecule has 1 atom stereocenters. The Bertz CT molecular complexity index is 1900. The molecule has 4 aromatic rings. The smallest absolute Gasteiger partial charge is 0.326 e. The number of nitrogens with one attached hydrogen (secondary N) is 1. The molecule has 0 fully saturated rings. The van der Waals surface area contributed by atoms with Gasteiger partial charge >= 0.3 is 5.97 Å². The number of ether oxygens (including phenoxy) is 4. The Labute approximate surface area is 278 Å². The number of sulfone groups is 1. The molecule has 1 aliphatic heterocycles. The van der Waals surface area contributed by atoms with E-state index in [1.807, 2.05) is 43.3 Å². The fraction of sp³-hybridized carbons (Fsp3) is 0.294. The number of rotatable bonds is 13. The summed E-state index contributed by atoms with van der Waals surface area (Å²) in [6, 6.07) is 16.5. The second-order valence-corrected chi connectivity index (χ2v) is 13.8. The summed E-state index contributed by atoms with van der Waals surface area (Å²) in [5.74, 6) is 0.817. The Hall–Kier alpha value is -4.36. The zero-order valence-corrected chi connectivity index (χ0v) is 27.7. The van der Waals surface area contributed by atoms with Crippen molar-refractivity contribution in [3.05, 3.63) is 94.3 Å². The van der Waals surface area contributed by atoms with E-state index in [0.29, 0.717) is 47.3 Å². The predicted molar refractivity (Wildman–Crippen MR) is 175 cm³/mol. The first-order valence-corrected chi connectivity index (χ1v) is 16.9. The highest BCUT2D eigenvalue weighted by molar-refractivity contribution is 7.90. The highest BCUT2D eigenvalue weighted by Crippen LogP contribution is 2.37. The molecular weight excluding hydrogens is 648 g/mol. The van der Waals surface area contributed by atoms with Crippen LogP contribution in [0.25, 0.3) is 11.1 Å². The number of carboxylic acids is 1. The molecule has 47 heavy (non-hydrogen) atoms. The minimum Gasteiger partial charge on any atom is -0.488 e. The Kier molecular flexibility index (Phi) is 10.3. The second kappa shape index (κ2) is 14.2. The van der Waals surface area contributed by atoms with E-state index in [1.165, 1.54) is 25.4 Å². The van der Waals surface area contributed by atoms with Gasteiger partial charge in [-0.3, -0.25) is 15.1 Å². The largest absolute Gasteiger partial charge is 0.488 e. The number of aliphatic hydroxyl groups excluding tert-OH is 1. The number of pyridine rings is 1. The molecule has 3 N–H and O–H groups in total. The summed E-state index contributed by atoms with van der Waals surface area (Å²) < 4.78 is 47.8. The van der Waals surface area contributed by atoms with Crippen molar-refractivity contribution in [1.82, 2.24) is 10.3 Å². The van der Waals surface area contributed by atoms with Gasteiger partial charge in [-0.1, -0.05) is 35.9 Å². The number of aliphatic carboxylic acids is 1. The van der Waals surface area contributed by atoms with Crippen molar-refractivity contribution in [2.45, 2.75) is 44.0 Å². The summed E-state index contributed by atoms with van der Waals surface area (Å²) >= 11 is 6.66. The van der Waals surface area contributed by atoms with Crippen LogP contribution in [0.3, 0.4) is 0 Å². The topological polar surface area (TPSA) is 154 Å². The van der Waals surface area contributed by atoms with Crippen LogP contribution in [0.4, 0.5) is 0 Å². The normalized spacial score (nSPS) is 13.9. The molecule has 3 aromatic carbocycles. The molecule has 0 saturated carbocycles. The molecule has 1 aliphatic rings. The monoisotopic (exact) mass is 682 g/mol. The number of aromatic nitrogens is 1. The van der Waals surface area contributed by atoms with Crippen molar-refractivity contribution >= 4 is 27.4 Å². The third-order valence-corrected chi connectivity index (χ3v) is 9.22. The van der Waals surface area contributed by atoms with E-state index in [-0.39, 0.29) is 29.7 Å². The van der Waals surface area contributed by atoms with Crippen molar-refractivity contribution in [1.29, 1.82) is 0 Å². The molecular formula is C34H35ClN2O9S. The fourth-order valence-corrected chi connectivity index (χ4v) is 5.73. The number of hydrogen-bond donors (Lipinski definition) is 3. The van der Waals surface area contributed by atoms with Crippen LogP contribution in [-0.2, 0) is 34.4 Å². The van der Waals surface area contributed by atoms with Gasteiger partial charge in [0.15, 0.2) is 21.3 Å². The second-order valence-electron chi connectivity index (χ2n) is 11.4. The molecule has 248 valence electrons. The minimum atomic E-state index is -3.48. The lowest BCUT2D eigenvalue weighted by Gasteiger charge is -2.25. The number of carbonyl (C=O) groups is 1. The number of aliphatic hydroxyl groups is 1. The van der Waals surface area contributed by atoms with Gasteiger partial charge in [0.2, 0.25) is 0 Å². The van der Waals surface area contributed by atoms with Crippen molar-refractivity contribution in [3.63, 3.8) is 0 Å². The highest BCUT2D eigenvalue weighted by atomic mass is 35.5. The maximum Gasteiger partial charge on any atom is 0.326 e. The first-order valence-electron chi connectivity index (χ1n) is 14.7. The molecule has 5 rings (SSSR count). The maximum atomic E-state index is 12.0. The minimum absolute atomic E-state index is 0.0169. The lowest BCUT2D eigenvalue weighted by atomic mass is 9.96. The lowest BCUT2D eigenvalue weighted by molar-refractivity contribution is -0.145. The molecule has 0 bridgehead atoms. The van der Waals surface area contributed by atoms with Crippen molar-refractivity contribution < 1.29 is 42.4 Å². The van der Waals surface area contributed by atoms with Crippen LogP contribution in [0.15, 0.2) is 71.9 Å². The van der Waals surface area contributed by atoms with Gasteiger partial charge in [0.05, 0.1) is 16.5 Å². The molecule has 11 nitrogen and oxygen atoms in total.